The normalized spacial score (nSPS) is 19.6. The predicted octanol–water partition coefficient (Wildman–Crippen LogP) is 3.32. The number of aromatic nitrogens is 2. The average molecular weight is 390 g/mol. The Morgan fingerprint density at radius 2 is 1.83 bits per heavy atom. The van der Waals surface area contributed by atoms with E-state index in [-0.39, 0.29) is 24.2 Å². The SMILES string of the molecule is O=C1CC2(CCCC2)C(=O)N1Cc1nnc(-c2ccc(Br)cc2)o1. The van der Waals surface area contributed by atoms with Gasteiger partial charge < -0.3 is 4.42 Å². The molecule has 6 nitrogen and oxygen atoms in total. The van der Waals surface area contributed by atoms with Crippen LogP contribution >= 0.6 is 15.9 Å². The van der Waals surface area contributed by atoms with Gasteiger partial charge >= 0.3 is 0 Å². The van der Waals surface area contributed by atoms with Crippen LogP contribution in [-0.2, 0) is 16.1 Å². The number of imide groups is 1. The fourth-order valence-electron chi connectivity index (χ4n) is 3.62. The minimum Gasteiger partial charge on any atom is -0.419 e. The second-order valence-electron chi connectivity index (χ2n) is 6.46. The Morgan fingerprint density at radius 3 is 2.54 bits per heavy atom. The minimum absolute atomic E-state index is 0.0585. The maximum atomic E-state index is 12.7. The van der Waals surface area contributed by atoms with E-state index in [0.29, 0.717) is 12.3 Å². The van der Waals surface area contributed by atoms with Gasteiger partial charge in [0.25, 0.3) is 0 Å². The zero-order valence-corrected chi connectivity index (χ0v) is 14.6. The van der Waals surface area contributed by atoms with Gasteiger partial charge in [0.15, 0.2) is 0 Å². The van der Waals surface area contributed by atoms with Gasteiger partial charge in [-0.3, -0.25) is 14.5 Å². The molecular formula is C17H16BrN3O3. The van der Waals surface area contributed by atoms with Crippen molar-refractivity contribution in [3.8, 4) is 11.5 Å². The van der Waals surface area contributed by atoms with E-state index >= 15 is 0 Å². The molecule has 1 aliphatic heterocycles. The van der Waals surface area contributed by atoms with Crippen LogP contribution < -0.4 is 0 Å². The number of likely N-dealkylation sites (tertiary alicyclic amines) is 1. The topological polar surface area (TPSA) is 76.3 Å². The maximum Gasteiger partial charge on any atom is 0.247 e. The Morgan fingerprint density at radius 1 is 1.12 bits per heavy atom. The summed E-state index contributed by atoms with van der Waals surface area (Å²) in [5, 5.41) is 8.00. The van der Waals surface area contributed by atoms with E-state index in [4.69, 9.17) is 4.42 Å². The van der Waals surface area contributed by atoms with E-state index in [2.05, 4.69) is 26.1 Å². The van der Waals surface area contributed by atoms with E-state index in [1.54, 1.807) is 0 Å². The second kappa shape index (κ2) is 5.81. The molecule has 2 aliphatic rings. The summed E-state index contributed by atoms with van der Waals surface area (Å²) in [5.74, 6) is 0.454. The summed E-state index contributed by atoms with van der Waals surface area (Å²) in [4.78, 5) is 26.2. The first-order chi connectivity index (χ1) is 11.6. The van der Waals surface area contributed by atoms with Crippen LogP contribution in [0.25, 0.3) is 11.5 Å². The summed E-state index contributed by atoms with van der Waals surface area (Å²) in [5.41, 5.74) is 0.328. The molecule has 7 heteroatoms. The largest absolute Gasteiger partial charge is 0.419 e. The highest BCUT2D eigenvalue weighted by Gasteiger charge is 2.52. The average Bonchev–Trinajstić information content (AvgIpc) is 3.27. The van der Waals surface area contributed by atoms with E-state index in [9.17, 15) is 9.59 Å². The molecule has 1 aromatic heterocycles. The first kappa shape index (κ1) is 15.5. The van der Waals surface area contributed by atoms with Gasteiger partial charge in [-0.05, 0) is 37.1 Å². The molecule has 2 aromatic rings. The van der Waals surface area contributed by atoms with Gasteiger partial charge in [0.2, 0.25) is 23.6 Å². The summed E-state index contributed by atoms with van der Waals surface area (Å²) in [6.07, 6.45) is 3.96. The molecule has 24 heavy (non-hydrogen) atoms. The van der Waals surface area contributed by atoms with Crippen LogP contribution in [0.1, 0.15) is 38.0 Å². The van der Waals surface area contributed by atoms with Gasteiger partial charge in [-0.1, -0.05) is 28.8 Å². The number of halogens is 1. The lowest BCUT2D eigenvalue weighted by Gasteiger charge is -2.19. The Hall–Kier alpha value is -2.02. The number of benzene rings is 1. The van der Waals surface area contributed by atoms with Crippen LogP contribution in [0.3, 0.4) is 0 Å². The number of rotatable bonds is 3. The molecule has 1 aromatic carbocycles. The number of amides is 2. The van der Waals surface area contributed by atoms with Crippen molar-refractivity contribution in [3.05, 3.63) is 34.6 Å². The predicted molar refractivity (Wildman–Crippen MR) is 88.5 cm³/mol. The summed E-state index contributed by atoms with van der Waals surface area (Å²) >= 11 is 3.38. The lowest BCUT2D eigenvalue weighted by molar-refractivity contribution is -0.142. The molecular weight excluding hydrogens is 374 g/mol. The maximum absolute atomic E-state index is 12.7. The molecule has 2 fully saturated rings. The van der Waals surface area contributed by atoms with Crippen molar-refractivity contribution in [1.82, 2.24) is 15.1 Å². The Balaban J connectivity index is 1.53. The van der Waals surface area contributed by atoms with Crippen LogP contribution in [0.5, 0.6) is 0 Å². The lowest BCUT2D eigenvalue weighted by Crippen LogP contribution is -2.34. The van der Waals surface area contributed by atoms with Gasteiger partial charge in [-0.15, -0.1) is 10.2 Å². The van der Waals surface area contributed by atoms with Crippen molar-refractivity contribution >= 4 is 27.7 Å². The lowest BCUT2D eigenvalue weighted by atomic mass is 9.84. The minimum atomic E-state index is -0.467. The molecule has 0 unspecified atom stereocenters. The zero-order chi connectivity index (χ0) is 16.7. The van der Waals surface area contributed by atoms with Gasteiger partial charge in [-0.25, -0.2) is 0 Å². The molecule has 0 N–H and O–H groups in total. The fourth-order valence-corrected chi connectivity index (χ4v) is 3.89. The Labute approximate surface area is 147 Å². The zero-order valence-electron chi connectivity index (χ0n) is 13.0. The molecule has 0 atom stereocenters. The van der Waals surface area contributed by atoms with Gasteiger partial charge in [0.05, 0.1) is 5.41 Å². The smallest absolute Gasteiger partial charge is 0.247 e. The Kier molecular flexibility index (Phi) is 3.75. The monoisotopic (exact) mass is 389 g/mol. The standard InChI is InChI=1S/C17H16BrN3O3/c18-12-5-3-11(4-6-12)15-20-19-13(24-15)10-21-14(22)9-17(16(21)23)7-1-2-8-17/h3-6H,1-2,7-10H2. The van der Waals surface area contributed by atoms with Crippen molar-refractivity contribution < 1.29 is 14.0 Å². The molecule has 4 rings (SSSR count). The molecule has 1 spiro atoms. The van der Waals surface area contributed by atoms with E-state index < -0.39 is 5.41 Å². The van der Waals surface area contributed by atoms with Crippen LogP contribution in [-0.4, -0.2) is 26.9 Å². The highest BCUT2D eigenvalue weighted by Crippen LogP contribution is 2.47. The summed E-state index contributed by atoms with van der Waals surface area (Å²) in [7, 11) is 0. The molecule has 1 saturated carbocycles. The van der Waals surface area contributed by atoms with Crippen molar-refractivity contribution in [2.75, 3.05) is 0 Å². The first-order valence-electron chi connectivity index (χ1n) is 8.01. The van der Waals surface area contributed by atoms with Gasteiger partial charge in [-0.2, -0.15) is 0 Å². The van der Waals surface area contributed by atoms with Crippen LogP contribution in [0.15, 0.2) is 33.2 Å². The molecule has 0 radical (unpaired) electrons. The third-order valence-corrected chi connectivity index (χ3v) is 5.43. The third-order valence-electron chi connectivity index (χ3n) is 4.90. The molecule has 1 aliphatic carbocycles. The molecule has 0 bridgehead atoms. The third kappa shape index (κ3) is 2.56. The number of hydrogen-bond acceptors (Lipinski definition) is 5. The van der Waals surface area contributed by atoms with Gasteiger partial charge in [0.1, 0.15) is 6.54 Å². The highest BCUT2D eigenvalue weighted by molar-refractivity contribution is 9.10. The quantitative estimate of drug-likeness (QED) is 0.752. The molecule has 2 amide bonds. The van der Waals surface area contributed by atoms with E-state index in [1.807, 2.05) is 24.3 Å². The molecule has 124 valence electrons. The molecule has 2 heterocycles. The summed E-state index contributed by atoms with van der Waals surface area (Å²) < 4.78 is 6.59. The first-order valence-corrected chi connectivity index (χ1v) is 8.80. The van der Waals surface area contributed by atoms with Crippen LogP contribution in [0.4, 0.5) is 0 Å². The number of nitrogens with zero attached hydrogens (tertiary/aromatic N) is 3. The van der Waals surface area contributed by atoms with Crippen molar-refractivity contribution in [2.24, 2.45) is 5.41 Å². The van der Waals surface area contributed by atoms with Crippen LogP contribution in [0.2, 0.25) is 0 Å². The highest BCUT2D eigenvalue weighted by atomic mass is 79.9. The van der Waals surface area contributed by atoms with Crippen molar-refractivity contribution in [3.63, 3.8) is 0 Å². The molecule has 1 saturated heterocycles. The summed E-state index contributed by atoms with van der Waals surface area (Å²) in [6, 6.07) is 7.50. The van der Waals surface area contributed by atoms with Crippen molar-refractivity contribution in [1.29, 1.82) is 0 Å². The van der Waals surface area contributed by atoms with E-state index in [0.717, 1.165) is 35.7 Å². The second-order valence-corrected chi connectivity index (χ2v) is 7.37. The Bertz CT molecular complexity index is 794. The number of carbonyl (C=O) groups is 2. The van der Waals surface area contributed by atoms with E-state index in [1.165, 1.54) is 4.90 Å². The number of carbonyl (C=O) groups excluding carboxylic acids is 2. The fraction of sp³-hybridized carbons (Fsp3) is 0.412. The van der Waals surface area contributed by atoms with Crippen molar-refractivity contribution in [2.45, 2.75) is 38.6 Å². The number of hydrogen-bond donors (Lipinski definition) is 0. The summed E-state index contributed by atoms with van der Waals surface area (Å²) in [6.45, 7) is 0.0585. The van der Waals surface area contributed by atoms with Crippen LogP contribution in [0, 0.1) is 5.41 Å². The van der Waals surface area contributed by atoms with Gasteiger partial charge in [0, 0.05) is 16.5 Å².